The van der Waals surface area contributed by atoms with Crippen LogP contribution >= 0.6 is 27.5 Å². The summed E-state index contributed by atoms with van der Waals surface area (Å²) in [5.41, 5.74) is 2.76. The predicted octanol–water partition coefficient (Wildman–Crippen LogP) is 4.36. The fourth-order valence-corrected chi connectivity index (χ4v) is 2.88. The van der Waals surface area contributed by atoms with Crippen LogP contribution in [0.3, 0.4) is 0 Å². The van der Waals surface area contributed by atoms with Crippen LogP contribution in [-0.2, 0) is 6.42 Å². The minimum Gasteiger partial charge on any atom is -0.239 e. The topological polar surface area (TPSA) is 25.8 Å². The summed E-state index contributed by atoms with van der Waals surface area (Å²) in [5, 5.41) is 0.489. The minimum absolute atomic E-state index is 0.278. The van der Waals surface area contributed by atoms with Crippen molar-refractivity contribution in [2.24, 2.45) is 0 Å². The summed E-state index contributed by atoms with van der Waals surface area (Å²) >= 11 is 9.39. The number of hydrogen-bond acceptors (Lipinski definition) is 2. The Kier molecular flexibility index (Phi) is 3.35. The third kappa shape index (κ3) is 2.17. The molecule has 2 aromatic rings. The largest absolute Gasteiger partial charge is 0.239 e. The fraction of sp³-hybridized carbons (Fsp3) is 0.286. The maximum atomic E-state index is 6.06. The molecule has 1 aliphatic rings. The van der Waals surface area contributed by atoms with Gasteiger partial charge in [0, 0.05) is 12.1 Å². The first-order chi connectivity index (χ1) is 8.75. The van der Waals surface area contributed by atoms with Crippen LogP contribution in [0.1, 0.15) is 35.7 Å². The van der Waals surface area contributed by atoms with Gasteiger partial charge in [0.2, 0.25) is 0 Å². The molecule has 1 unspecified atom stereocenters. The van der Waals surface area contributed by atoms with Crippen LogP contribution in [0.4, 0.5) is 0 Å². The molecule has 0 N–H and O–H groups in total. The van der Waals surface area contributed by atoms with Gasteiger partial charge in [-0.2, -0.15) is 0 Å². The van der Waals surface area contributed by atoms with E-state index in [0.29, 0.717) is 5.15 Å². The molecule has 4 heteroatoms. The summed E-state index contributed by atoms with van der Waals surface area (Å²) in [7, 11) is 0. The lowest BCUT2D eigenvalue weighted by molar-refractivity contribution is 0.590. The third-order valence-electron chi connectivity index (χ3n) is 3.40. The molecule has 0 radical (unpaired) electrons. The van der Waals surface area contributed by atoms with Crippen molar-refractivity contribution in [3.05, 3.63) is 57.0 Å². The second-order valence-electron chi connectivity index (χ2n) is 4.51. The van der Waals surface area contributed by atoms with E-state index in [4.69, 9.17) is 11.6 Å². The van der Waals surface area contributed by atoms with E-state index < -0.39 is 0 Å². The van der Waals surface area contributed by atoms with Crippen molar-refractivity contribution in [1.29, 1.82) is 0 Å². The highest BCUT2D eigenvalue weighted by Gasteiger charge is 2.23. The van der Waals surface area contributed by atoms with Crippen LogP contribution in [0.2, 0.25) is 5.15 Å². The first-order valence-corrected chi connectivity index (χ1v) is 7.18. The van der Waals surface area contributed by atoms with Crippen LogP contribution in [-0.4, -0.2) is 9.97 Å². The lowest BCUT2D eigenvalue weighted by Gasteiger charge is -2.24. The van der Waals surface area contributed by atoms with Crippen LogP contribution < -0.4 is 0 Å². The molecule has 0 bridgehead atoms. The van der Waals surface area contributed by atoms with Crippen LogP contribution in [0.5, 0.6) is 0 Å². The fourth-order valence-electron chi connectivity index (χ4n) is 2.55. The molecular weight excluding hydrogens is 312 g/mol. The summed E-state index contributed by atoms with van der Waals surface area (Å²) in [4.78, 5) is 8.82. The molecule has 0 saturated heterocycles. The summed E-state index contributed by atoms with van der Waals surface area (Å²) in [5.74, 6) is 1.11. The number of hydrogen-bond donors (Lipinski definition) is 0. The first-order valence-electron chi connectivity index (χ1n) is 6.01. The van der Waals surface area contributed by atoms with Crippen molar-refractivity contribution in [3.63, 3.8) is 0 Å². The van der Waals surface area contributed by atoms with E-state index in [9.17, 15) is 0 Å². The smallest absolute Gasteiger partial charge is 0.146 e. The maximum absolute atomic E-state index is 6.06. The zero-order chi connectivity index (χ0) is 12.5. The summed E-state index contributed by atoms with van der Waals surface area (Å²) < 4.78 is 0.747. The number of aryl methyl sites for hydroxylation is 1. The monoisotopic (exact) mass is 322 g/mol. The van der Waals surface area contributed by atoms with Crippen molar-refractivity contribution < 1.29 is 0 Å². The maximum Gasteiger partial charge on any atom is 0.146 e. The second kappa shape index (κ2) is 4.98. The van der Waals surface area contributed by atoms with Gasteiger partial charge in [0.1, 0.15) is 11.0 Å². The molecule has 1 aliphatic carbocycles. The zero-order valence-corrected chi connectivity index (χ0v) is 12.1. The normalized spacial score (nSPS) is 18.4. The molecule has 1 atom stereocenters. The zero-order valence-electron chi connectivity index (χ0n) is 9.74. The van der Waals surface area contributed by atoms with Gasteiger partial charge < -0.3 is 0 Å². The molecule has 0 spiro atoms. The number of fused-ring (bicyclic) bond motifs is 1. The van der Waals surface area contributed by atoms with Gasteiger partial charge >= 0.3 is 0 Å². The standard InChI is InChI=1S/C14H12BrClN2/c15-12-8-17-14(18-13(12)16)11-7-3-5-9-4-1-2-6-10(9)11/h1-2,4,6,8,11H,3,5,7H2. The highest BCUT2D eigenvalue weighted by Crippen LogP contribution is 2.35. The SMILES string of the molecule is Clc1nc(C2CCCc3ccccc32)ncc1Br. The summed E-state index contributed by atoms with van der Waals surface area (Å²) in [6, 6.07) is 8.55. The molecule has 0 aliphatic heterocycles. The molecule has 3 rings (SSSR count). The number of halogens is 2. The van der Waals surface area contributed by atoms with Gasteiger partial charge in [-0.1, -0.05) is 35.9 Å². The average molecular weight is 324 g/mol. The van der Waals surface area contributed by atoms with Crippen molar-refractivity contribution in [2.75, 3.05) is 0 Å². The van der Waals surface area contributed by atoms with E-state index in [2.05, 4.69) is 50.2 Å². The number of aromatic nitrogens is 2. The molecule has 18 heavy (non-hydrogen) atoms. The highest BCUT2D eigenvalue weighted by atomic mass is 79.9. The van der Waals surface area contributed by atoms with Gasteiger partial charge in [-0.25, -0.2) is 9.97 Å². The Morgan fingerprint density at radius 1 is 1.28 bits per heavy atom. The molecule has 0 fully saturated rings. The van der Waals surface area contributed by atoms with Gasteiger partial charge in [0.25, 0.3) is 0 Å². The first kappa shape index (κ1) is 12.1. The summed E-state index contributed by atoms with van der Waals surface area (Å²) in [6.45, 7) is 0. The summed E-state index contributed by atoms with van der Waals surface area (Å²) in [6.07, 6.45) is 5.16. The number of nitrogens with zero attached hydrogens (tertiary/aromatic N) is 2. The van der Waals surface area contributed by atoms with Crippen LogP contribution in [0.25, 0.3) is 0 Å². The molecule has 92 valence electrons. The molecule has 0 saturated carbocycles. The Hall–Kier alpha value is -0.930. The molecule has 1 aromatic heterocycles. The molecular formula is C14H12BrClN2. The van der Waals surface area contributed by atoms with Gasteiger partial charge in [-0.15, -0.1) is 0 Å². The highest BCUT2D eigenvalue weighted by molar-refractivity contribution is 9.10. The number of rotatable bonds is 1. The lowest BCUT2D eigenvalue weighted by Crippen LogP contribution is -2.13. The minimum atomic E-state index is 0.278. The van der Waals surface area contributed by atoms with Crippen molar-refractivity contribution >= 4 is 27.5 Å². The van der Waals surface area contributed by atoms with E-state index in [1.54, 1.807) is 6.20 Å². The van der Waals surface area contributed by atoms with Gasteiger partial charge in [-0.05, 0) is 46.3 Å². The van der Waals surface area contributed by atoms with E-state index >= 15 is 0 Å². The van der Waals surface area contributed by atoms with E-state index in [0.717, 1.165) is 23.1 Å². The van der Waals surface area contributed by atoms with Gasteiger partial charge in [-0.3, -0.25) is 0 Å². The molecule has 1 heterocycles. The Morgan fingerprint density at radius 2 is 2.11 bits per heavy atom. The second-order valence-corrected chi connectivity index (χ2v) is 5.72. The van der Waals surface area contributed by atoms with E-state index in [1.807, 2.05) is 0 Å². The number of benzene rings is 1. The molecule has 0 amide bonds. The average Bonchev–Trinajstić information content (AvgIpc) is 2.41. The molecule has 2 nitrogen and oxygen atoms in total. The van der Waals surface area contributed by atoms with Crippen LogP contribution in [0, 0.1) is 0 Å². The van der Waals surface area contributed by atoms with Crippen molar-refractivity contribution in [1.82, 2.24) is 9.97 Å². The predicted molar refractivity (Wildman–Crippen MR) is 76.0 cm³/mol. The Labute approximate surface area is 120 Å². The van der Waals surface area contributed by atoms with Crippen molar-refractivity contribution in [2.45, 2.75) is 25.2 Å². The quantitative estimate of drug-likeness (QED) is 0.729. The Morgan fingerprint density at radius 3 is 2.94 bits per heavy atom. The Bertz CT molecular complexity index is 586. The van der Waals surface area contributed by atoms with Gasteiger partial charge in [0.05, 0.1) is 4.47 Å². The molecule has 1 aromatic carbocycles. The Balaban J connectivity index is 2.05. The third-order valence-corrected chi connectivity index (χ3v) is 4.50. The lowest BCUT2D eigenvalue weighted by atomic mass is 9.82. The van der Waals surface area contributed by atoms with Gasteiger partial charge in [0.15, 0.2) is 0 Å². The van der Waals surface area contributed by atoms with E-state index in [1.165, 1.54) is 17.5 Å². The van der Waals surface area contributed by atoms with Crippen LogP contribution in [0.15, 0.2) is 34.9 Å². The van der Waals surface area contributed by atoms with E-state index in [-0.39, 0.29) is 5.92 Å². The van der Waals surface area contributed by atoms with Crippen molar-refractivity contribution in [3.8, 4) is 0 Å².